The van der Waals surface area contributed by atoms with Gasteiger partial charge in [0.2, 0.25) is 0 Å². The Morgan fingerprint density at radius 2 is 2.00 bits per heavy atom. The average molecular weight is 186 g/mol. The lowest BCUT2D eigenvalue weighted by molar-refractivity contribution is -0.00466. The average Bonchev–Trinajstić information content (AvgIpc) is 2.15. The van der Waals surface area contributed by atoms with E-state index >= 15 is 0 Å². The fourth-order valence-electron chi connectivity index (χ4n) is 1.49. The Bertz CT molecular complexity index is 119. The van der Waals surface area contributed by atoms with Crippen molar-refractivity contribution in [2.24, 2.45) is 0 Å². The highest BCUT2D eigenvalue weighted by Crippen LogP contribution is 2.19. The minimum Gasteiger partial charge on any atom is -0.391 e. The van der Waals surface area contributed by atoms with E-state index in [-0.39, 0.29) is 12.2 Å². The summed E-state index contributed by atoms with van der Waals surface area (Å²) in [5, 5.41) is 9.76. The molecule has 0 aromatic carbocycles. The van der Waals surface area contributed by atoms with E-state index < -0.39 is 0 Å². The van der Waals surface area contributed by atoms with Crippen LogP contribution in [0.5, 0.6) is 0 Å². The SMILES string of the molecule is B[C@@H](CCCCC)C(O)C(C)OC. The molecule has 0 bridgehead atoms. The van der Waals surface area contributed by atoms with Gasteiger partial charge in [0, 0.05) is 7.11 Å². The lowest BCUT2D eigenvalue weighted by Crippen LogP contribution is -2.29. The molecule has 13 heavy (non-hydrogen) atoms. The molecule has 0 rings (SSSR count). The van der Waals surface area contributed by atoms with Crippen LogP contribution in [-0.2, 0) is 4.74 Å². The van der Waals surface area contributed by atoms with Crippen molar-refractivity contribution >= 4 is 7.85 Å². The molecule has 0 fully saturated rings. The van der Waals surface area contributed by atoms with Crippen LogP contribution in [-0.4, -0.2) is 32.3 Å². The van der Waals surface area contributed by atoms with Gasteiger partial charge in [-0.2, -0.15) is 0 Å². The molecule has 2 nitrogen and oxygen atoms in total. The van der Waals surface area contributed by atoms with E-state index in [9.17, 15) is 5.11 Å². The predicted octanol–water partition coefficient (Wildman–Crippen LogP) is 1.38. The highest BCUT2D eigenvalue weighted by Gasteiger charge is 2.19. The summed E-state index contributed by atoms with van der Waals surface area (Å²) in [6.07, 6.45) is 4.45. The zero-order valence-corrected chi connectivity index (χ0v) is 9.42. The van der Waals surface area contributed by atoms with Gasteiger partial charge in [0.05, 0.1) is 12.2 Å². The molecule has 0 spiro atoms. The summed E-state index contributed by atoms with van der Waals surface area (Å²) >= 11 is 0. The van der Waals surface area contributed by atoms with Crippen LogP contribution in [0.1, 0.15) is 39.5 Å². The molecular formula is C10H23BO2. The quantitative estimate of drug-likeness (QED) is 0.480. The van der Waals surface area contributed by atoms with Crippen molar-refractivity contribution in [3.8, 4) is 0 Å². The van der Waals surface area contributed by atoms with Crippen molar-refractivity contribution in [3.63, 3.8) is 0 Å². The molecule has 0 aliphatic carbocycles. The first-order chi connectivity index (χ1) is 6.13. The van der Waals surface area contributed by atoms with E-state index in [1.54, 1.807) is 7.11 Å². The van der Waals surface area contributed by atoms with Crippen molar-refractivity contribution in [3.05, 3.63) is 0 Å². The Morgan fingerprint density at radius 1 is 1.38 bits per heavy atom. The topological polar surface area (TPSA) is 29.5 Å². The monoisotopic (exact) mass is 186 g/mol. The molecule has 1 N–H and O–H groups in total. The number of aliphatic hydroxyl groups is 1. The molecule has 0 aliphatic heterocycles. The molecule has 0 aromatic rings. The first-order valence-electron chi connectivity index (χ1n) is 5.34. The van der Waals surface area contributed by atoms with Crippen molar-refractivity contribution in [2.75, 3.05) is 7.11 Å². The van der Waals surface area contributed by atoms with Crippen molar-refractivity contribution in [1.29, 1.82) is 0 Å². The maximum absolute atomic E-state index is 9.76. The predicted molar refractivity (Wildman–Crippen MR) is 58.9 cm³/mol. The smallest absolute Gasteiger partial charge is 0.108 e. The summed E-state index contributed by atoms with van der Waals surface area (Å²) in [5.41, 5.74) is 0. The molecule has 3 heteroatoms. The molecular weight excluding hydrogens is 163 g/mol. The lowest BCUT2D eigenvalue weighted by atomic mass is 9.77. The Balaban J connectivity index is 3.62. The molecule has 0 saturated heterocycles. The van der Waals surface area contributed by atoms with E-state index in [1.165, 1.54) is 19.3 Å². The summed E-state index contributed by atoms with van der Waals surface area (Å²) in [6.45, 7) is 4.11. The summed E-state index contributed by atoms with van der Waals surface area (Å²) < 4.78 is 5.09. The Hall–Kier alpha value is -0.0151. The molecule has 0 aliphatic rings. The maximum Gasteiger partial charge on any atom is 0.108 e. The second-order valence-corrected chi connectivity index (χ2v) is 3.90. The summed E-state index contributed by atoms with van der Waals surface area (Å²) in [5.74, 6) is 0.349. The van der Waals surface area contributed by atoms with E-state index in [0.717, 1.165) is 6.42 Å². The van der Waals surface area contributed by atoms with Gasteiger partial charge >= 0.3 is 0 Å². The normalized spacial score (nSPS) is 18.2. The molecule has 2 unspecified atom stereocenters. The third-order valence-electron chi connectivity index (χ3n) is 2.70. The van der Waals surface area contributed by atoms with E-state index in [4.69, 9.17) is 4.74 Å². The van der Waals surface area contributed by atoms with E-state index in [1.807, 2.05) is 6.92 Å². The molecule has 78 valence electrons. The Labute approximate surface area is 83.1 Å². The van der Waals surface area contributed by atoms with Gasteiger partial charge in [-0.1, -0.05) is 32.6 Å². The van der Waals surface area contributed by atoms with Gasteiger partial charge in [-0.05, 0) is 12.7 Å². The van der Waals surface area contributed by atoms with Gasteiger partial charge in [0.15, 0.2) is 0 Å². The fourth-order valence-corrected chi connectivity index (χ4v) is 1.49. The highest BCUT2D eigenvalue weighted by atomic mass is 16.5. The molecule has 0 saturated carbocycles. The first kappa shape index (κ1) is 13.0. The number of unbranched alkanes of at least 4 members (excludes halogenated alkanes) is 2. The number of methoxy groups -OCH3 is 1. The Morgan fingerprint density at radius 3 is 2.46 bits per heavy atom. The van der Waals surface area contributed by atoms with Gasteiger partial charge in [-0.25, -0.2) is 0 Å². The molecule has 3 atom stereocenters. The number of ether oxygens (including phenoxy) is 1. The van der Waals surface area contributed by atoms with Crippen LogP contribution in [0.15, 0.2) is 0 Å². The fraction of sp³-hybridized carbons (Fsp3) is 1.00. The third-order valence-corrected chi connectivity index (χ3v) is 2.70. The molecule has 0 radical (unpaired) electrons. The molecule has 0 aromatic heterocycles. The second-order valence-electron chi connectivity index (χ2n) is 3.90. The highest BCUT2D eigenvalue weighted by molar-refractivity contribution is 6.12. The van der Waals surface area contributed by atoms with E-state index in [2.05, 4.69) is 14.8 Å². The van der Waals surface area contributed by atoms with Crippen LogP contribution < -0.4 is 0 Å². The summed E-state index contributed by atoms with van der Waals surface area (Å²) in [4.78, 5) is 0. The zero-order chi connectivity index (χ0) is 10.3. The van der Waals surface area contributed by atoms with Crippen LogP contribution in [0.4, 0.5) is 0 Å². The van der Waals surface area contributed by atoms with Crippen LogP contribution in [0.2, 0.25) is 5.82 Å². The van der Waals surface area contributed by atoms with Crippen LogP contribution in [0.3, 0.4) is 0 Å². The van der Waals surface area contributed by atoms with Gasteiger partial charge < -0.3 is 9.84 Å². The minimum absolute atomic E-state index is 0.0448. The molecule has 0 amide bonds. The first-order valence-corrected chi connectivity index (χ1v) is 5.34. The van der Waals surface area contributed by atoms with Crippen molar-refractivity contribution in [1.82, 2.24) is 0 Å². The number of aliphatic hydroxyl groups excluding tert-OH is 1. The van der Waals surface area contributed by atoms with Crippen LogP contribution in [0.25, 0.3) is 0 Å². The van der Waals surface area contributed by atoms with Gasteiger partial charge in [-0.15, -0.1) is 0 Å². The van der Waals surface area contributed by atoms with Gasteiger partial charge in [-0.3, -0.25) is 0 Å². The standard InChI is InChI=1S/C10H23BO2/c1-4-5-6-7-9(11)10(12)8(2)13-3/h8-10,12H,4-7,11H2,1-3H3/t8?,9-,10?/m0/s1. The minimum atomic E-state index is -0.318. The van der Waals surface area contributed by atoms with E-state index in [0.29, 0.717) is 5.82 Å². The lowest BCUT2D eigenvalue weighted by Gasteiger charge is -2.23. The number of hydrogen-bond donors (Lipinski definition) is 1. The van der Waals surface area contributed by atoms with Crippen molar-refractivity contribution in [2.45, 2.75) is 57.6 Å². The van der Waals surface area contributed by atoms with Gasteiger partial charge in [0.1, 0.15) is 7.85 Å². The van der Waals surface area contributed by atoms with Crippen LogP contribution in [0, 0.1) is 0 Å². The number of hydrogen-bond acceptors (Lipinski definition) is 2. The number of rotatable bonds is 7. The van der Waals surface area contributed by atoms with Gasteiger partial charge in [0.25, 0.3) is 0 Å². The Kier molecular flexibility index (Phi) is 7.39. The van der Waals surface area contributed by atoms with Crippen LogP contribution >= 0.6 is 0 Å². The zero-order valence-electron chi connectivity index (χ0n) is 9.42. The third kappa shape index (κ3) is 5.32. The largest absolute Gasteiger partial charge is 0.391 e. The second kappa shape index (κ2) is 7.39. The molecule has 0 heterocycles. The summed E-state index contributed by atoms with van der Waals surface area (Å²) in [6, 6.07) is 0. The maximum atomic E-state index is 9.76. The van der Waals surface area contributed by atoms with Crippen molar-refractivity contribution < 1.29 is 9.84 Å². The summed E-state index contributed by atoms with van der Waals surface area (Å²) in [7, 11) is 3.74.